The summed E-state index contributed by atoms with van der Waals surface area (Å²) < 4.78 is 1.81. The predicted octanol–water partition coefficient (Wildman–Crippen LogP) is 2.57. The lowest BCUT2D eigenvalue weighted by atomic mass is 9.81. The van der Waals surface area contributed by atoms with Crippen molar-refractivity contribution in [1.82, 2.24) is 20.1 Å². The van der Waals surface area contributed by atoms with E-state index in [1.54, 1.807) is 6.33 Å². The topological polar surface area (TPSA) is 97.1 Å². The van der Waals surface area contributed by atoms with Crippen molar-refractivity contribution in [2.45, 2.75) is 49.7 Å². The van der Waals surface area contributed by atoms with Gasteiger partial charge in [-0.2, -0.15) is 0 Å². The maximum Gasteiger partial charge on any atom is 0.329 e. The number of rotatable bonds is 6. The van der Waals surface area contributed by atoms with Gasteiger partial charge < -0.3 is 10.4 Å². The Morgan fingerprint density at radius 3 is 2.58 bits per heavy atom. The van der Waals surface area contributed by atoms with Crippen LogP contribution in [-0.4, -0.2) is 43.0 Å². The summed E-state index contributed by atoms with van der Waals surface area (Å²) in [6.45, 7) is 2.01. The summed E-state index contributed by atoms with van der Waals surface area (Å²) in [6.07, 6.45) is 5.23. The number of aromatic nitrogens is 3. The second-order valence-corrected chi connectivity index (χ2v) is 7.55. The quantitative estimate of drug-likeness (QED) is 0.754. The minimum absolute atomic E-state index is 0.0968. The van der Waals surface area contributed by atoms with Crippen LogP contribution in [-0.2, 0) is 9.59 Å². The van der Waals surface area contributed by atoms with Crippen LogP contribution in [0.2, 0.25) is 0 Å². The number of nitrogens with zero attached hydrogens (tertiary/aromatic N) is 3. The first-order valence-electron chi connectivity index (χ1n) is 8.64. The third kappa shape index (κ3) is 4.07. The molecule has 0 unspecified atom stereocenters. The first-order chi connectivity index (χ1) is 12.5. The molecule has 0 saturated heterocycles. The number of benzene rings is 1. The van der Waals surface area contributed by atoms with E-state index in [2.05, 4.69) is 15.5 Å². The number of hydrogen-bond acceptors (Lipinski definition) is 5. The first-order valence-corrected chi connectivity index (χ1v) is 9.63. The Labute approximate surface area is 156 Å². The zero-order chi connectivity index (χ0) is 18.6. The maximum atomic E-state index is 12.4. The molecule has 2 N–H and O–H groups in total. The lowest BCUT2D eigenvalue weighted by Gasteiger charge is -2.33. The van der Waals surface area contributed by atoms with Crippen molar-refractivity contribution in [3.05, 3.63) is 36.2 Å². The lowest BCUT2D eigenvalue weighted by Crippen LogP contribution is -2.56. The molecule has 0 spiro atoms. The number of thioether (sulfide) groups is 1. The van der Waals surface area contributed by atoms with Crippen LogP contribution in [0.3, 0.4) is 0 Å². The van der Waals surface area contributed by atoms with E-state index in [1.807, 2.05) is 35.8 Å². The van der Waals surface area contributed by atoms with Gasteiger partial charge in [0.25, 0.3) is 0 Å². The Bertz CT molecular complexity index is 782. The van der Waals surface area contributed by atoms with Crippen molar-refractivity contribution in [3.8, 4) is 5.69 Å². The van der Waals surface area contributed by atoms with E-state index in [-0.39, 0.29) is 11.7 Å². The van der Waals surface area contributed by atoms with E-state index in [4.69, 9.17) is 0 Å². The molecular weight excluding hydrogens is 352 g/mol. The maximum absolute atomic E-state index is 12.4. The molecule has 1 aliphatic carbocycles. The molecule has 1 saturated carbocycles. The highest BCUT2D eigenvalue weighted by Gasteiger charge is 2.40. The van der Waals surface area contributed by atoms with Crippen LogP contribution in [0.4, 0.5) is 0 Å². The van der Waals surface area contributed by atoms with Gasteiger partial charge in [0.1, 0.15) is 11.9 Å². The molecule has 8 heteroatoms. The number of amides is 1. The smallest absolute Gasteiger partial charge is 0.329 e. The van der Waals surface area contributed by atoms with Gasteiger partial charge in [-0.05, 0) is 31.9 Å². The zero-order valence-electron chi connectivity index (χ0n) is 14.6. The van der Waals surface area contributed by atoms with Crippen LogP contribution >= 0.6 is 11.8 Å². The molecule has 0 bridgehead atoms. The third-order valence-corrected chi connectivity index (χ3v) is 5.60. The van der Waals surface area contributed by atoms with E-state index >= 15 is 0 Å². The van der Waals surface area contributed by atoms with Gasteiger partial charge in [-0.15, -0.1) is 10.2 Å². The Morgan fingerprint density at radius 1 is 1.23 bits per heavy atom. The molecule has 26 heavy (non-hydrogen) atoms. The summed E-state index contributed by atoms with van der Waals surface area (Å²) in [4.78, 5) is 24.0. The molecule has 1 aliphatic rings. The number of aliphatic carboxylic acids is 1. The largest absolute Gasteiger partial charge is 0.480 e. The van der Waals surface area contributed by atoms with E-state index in [0.29, 0.717) is 18.0 Å². The molecule has 0 atom stereocenters. The number of aryl methyl sites for hydroxylation is 1. The Morgan fingerprint density at radius 2 is 1.92 bits per heavy atom. The number of nitrogens with one attached hydrogen (secondary N) is 1. The van der Waals surface area contributed by atoms with Gasteiger partial charge in [0.05, 0.1) is 5.75 Å². The van der Waals surface area contributed by atoms with Crippen LogP contribution in [0.25, 0.3) is 5.69 Å². The second-order valence-electron chi connectivity index (χ2n) is 6.60. The standard InChI is InChI=1S/C18H22N4O3S/c1-13-5-7-14(8-6-13)22-12-19-21-17(22)26-11-15(23)20-18(16(24)25)9-3-2-4-10-18/h5-8,12H,2-4,9-11H2,1H3,(H,20,23)(H,24,25). The molecule has 1 aromatic heterocycles. The molecule has 3 rings (SSSR count). The number of carboxylic acids is 1. The Kier molecular flexibility index (Phi) is 5.61. The van der Waals surface area contributed by atoms with Crippen LogP contribution in [0.5, 0.6) is 0 Å². The fourth-order valence-corrected chi connectivity index (χ4v) is 3.91. The van der Waals surface area contributed by atoms with Crippen molar-refractivity contribution in [2.24, 2.45) is 0 Å². The van der Waals surface area contributed by atoms with Crippen molar-refractivity contribution in [1.29, 1.82) is 0 Å². The summed E-state index contributed by atoms with van der Waals surface area (Å²) in [5, 5.41) is 20.9. The first kappa shape index (κ1) is 18.4. The molecule has 1 amide bonds. The summed E-state index contributed by atoms with van der Waals surface area (Å²) in [5.74, 6) is -1.14. The average Bonchev–Trinajstić information content (AvgIpc) is 3.10. The highest BCUT2D eigenvalue weighted by molar-refractivity contribution is 7.99. The normalized spacial score (nSPS) is 16.2. The van der Waals surface area contributed by atoms with Crippen molar-refractivity contribution < 1.29 is 14.7 Å². The lowest BCUT2D eigenvalue weighted by molar-refractivity contribution is -0.148. The Hall–Kier alpha value is -2.35. The minimum atomic E-state index is -1.12. The summed E-state index contributed by atoms with van der Waals surface area (Å²) in [5.41, 5.74) is 0.945. The molecule has 1 heterocycles. The highest BCUT2D eigenvalue weighted by atomic mass is 32.2. The van der Waals surface area contributed by atoms with Crippen LogP contribution in [0, 0.1) is 6.92 Å². The number of hydrogen-bond donors (Lipinski definition) is 2. The van der Waals surface area contributed by atoms with Gasteiger partial charge in [-0.1, -0.05) is 48.7 Å². The number of carboxylic acid groups (broad SMARTS) is 1. The number of carbonyl (C=O) groups is 2. The number of carbonyl (C=O) groups excluding carboxylic acids is 1. The fraction of sp³-hybridized carbons (Fsp3) is 0.444. The molecule has 1 fully saturated rings. The van der Waals surface area contributed by atoms with Crippen molar-refractivity contribution >= 4 is 23.6 Å². The van der Waals surface area contributed by atoms with Gasteiger partial charge in [-0.25, -0.2) is 4.79 Å². The molecule has 138 valence electrons. The van der Waals surface area contributed by atoms with Crippen LogP contribution < -0.4 is 5.32 Å². The van der Waals surface area contributed by atoms with E-state index in [0.717, 1.165) is 30.5 Å². The summed E-state index contributed by atoms with van der Waals surface area (Å²) >= 11 is 1.24. The molecular formula is C18H22N4O3S. The van der Waals surface area contributed by atoms with Gasteiger partial charge in [-0.3, -0.25) is 9.36 Å². The molecule has 0 aliphatic heterocycles. The highest BCUT2D eigenvalue weighted by Crippen LogP contribution is 2.29. The van der Waals surface area contributed by atoms with E-state index in [9.17, 15) is 14.7 Å². The van der Waals surface area contributed by atoms with Gasteiger partial charge >= 0.3 is 5.97 Å². The summed E-state index contributed by atoms with van der Waals surface area (Å²) in [7, 11) is 0. The fourth-order valence-electron chi connectivity index (χ4n) is 3.19. The van der Waals surface area contributed by atoms with Gasteiger partial charge in [0, 0.05) is 5.69 Å². The van der Waals surface area contributed by atoms with Crippen molar-refractivity contribution in [3.63, 3.8) is 0 Å². The monoisotopic (exact) mass is 374 g/mol. The van der Waals surface area contributed by atoms with Gasteiger partial charge in [0.15, 0.2) is 5.16 Å². The minimum Gasteiger partial charge on any atom is -0.480 e. The Balaban J connectivity index is 1.64. The predicted molar refractivity (Wildman–Crippen MR) is 98.4 cm³/mol. The summed E-state index contributed by atoms with van der Waals surface area (Å²) in [6, 6.07) is 7.92. The van der Waals surface area contributed by atoms with Crippen LogP contribution in [0.15, 0.2) is 35.7 Å². The zero-order valence-corrected chi connectivity index (χ0v) is 15.5. The third-order valence-electron chi connectivity index (χ3n) is 4.66. The molecule has 1 aromatic carbocycles. The molecule has 7 nitrogen and oxygen atoms in total. The van der Waals surface area contributed by atoms with Crippen molar-refractivity contribution in [2.75, 3.05) is 5.75 Å². The molecule has 0 radical (unpaired) electrons. The van der Waals surface area contributed by atoms with E-state index < -0.39 is 11.5 Å². The second kappa shape index (κ2) is 7.90. The van der Waals surface area contributed by atoms with Gasteiger partial charge in [0.2, 0.25) is 5.91 Å². The average molecular weight is 374 g/mol. The molecule has 2 aromatic rings. The SMILES string of the molecule is Cc1ccc(-n2cnnc2SCC(=O)NC2(C(=O)O)CCCCC2)cc1. The van der Waals surface area contributed by atoms with E-state index in [1.165, 1.54) is 11.8 Å². The van der Waals surface area contributed by atoms with Crippen LogP contribution in [0.1, 0.15) is 37.7 Å².